The van der Waals surface area contributed by atoms with Crippen molar-refractivity contribution in [2.24, 2.45) is 0 Å². The van der Waals surface area contributed by atoms with Crippen molar-refractivity contribution in [3.63, 3.8) is 0 Å². The Labute approximate surface area is 197 Å². The molecule has 11 nitrogen and oxygen atoms in total. The van der Waals surface area contributed by atoms with Crippen LogP contribution >= 0.6 is 0 Å². The van der Waals surface area contributed by atoms with Crippen molar-refractivity contribution in [3.05, 3.63) is 0 Å². The number of hydrogen-bond donors (Lipinski definition) is 1. The molecule has 2 fully saturated rings. The van der Waals surface area contributed by atoms with Crippen molar-refractivity contribution >= 4 is 36.0 Å². The summed E-state index contributed by atoms with van der Waals surface area (Å²) in [4.78, 5) is 13.0. The van der Waals surface area contributed by atoms with Gasteiger partial charge in [0.1, 0.15) is 6.04 Å². The fourth-order valence-corrected chi connectivity index (χ4v) is 7.06. The predicted octanol–water partition coefficient (Wildman–Crippen LogP) is 0.229. The van der Waals surface area contributed by atoms with Crippen LogP contribution in [0.5, 0.6) is 0 Å². The van der Waals surface area contributed by atoms with Crippen molar-refractivity contribution in [3.8, 4) is 0 Å². The number of halogens is 9. The van der Waals surface area contributed by atoms with E-state index in [0.717, 1.165) is 0 Å². The number of carbonyl (C=O) groups excluding carboxylic acids is 1. The van der Waals surface area contributed by atoms with E-state index in [9.17, 15) is 69.6 Å². The molecule has 0 bridgehead atoms. The van der Waals surface area contributed by atoms with E-state index < -0.39 is 98.6 Å². The van der Waals surface area contributed by atoms with Gasteiger partial charge in [-0.05, 0) is 12.8 Å². The summed E-state index contributed by atoms with van der Waals surface area (Å²) >= 11 is 0. The van der Waals surface area contributed by atoms with Gasteiger partial charge in [-0.15, -0.1) is 0 Å². The molecule has 0 aromatic rings. The van der Waals surface area contributed by atoms with Crippen LogP contribution in [0, 0.1) is 0 Å². The van der Waals surface area contributed by atoms with Gasteiger partial charge in [0.05, 0.1) is 6.61 Å². The van der Waals surface area contributed by atoms with Gasteiger partial charge in [-0.1, -0.05) is 4.13 Å². The second kappa shape index (κ2) is 9.39. The van der Waals surface area contributed by atoms with E-state index in [0.29, 0.717) is 6.42 Å². The molecule has 1 unspecified atom stereocenters. The molecule has 0 amide bonds. The minimum absolute atomic E-state index is 0.0846. The maximum Gasteiger partial charge on any atom is 0.512 e. The predicted molar refractivity (Wildman–Crippen MR) is 97.9 cm³/mol. The number of alkyl halides is 9. The molecule has 0 aromatic carbocycles. The van der Waals surface area contributed by atoms with Gasteiger partial charge >= 0.3 is 37.9 Å². The number of carbonyl (C=O) groups is 1. The second-order valence-electron chi connectivity index (χ2n) is 7.41. The van der Waals surface area contributed by atoms with E-state index in [-0.39, 0.29) is 13.0 Å². The molecule has 0 aliphatic carbocycles. The van der Waals surface area contributed by atoms with E-state index in [1.54, 1.807) is 0 Å². The average molecular weight is 609 g/mol. The Morgan fingerprint density at radius 2 is 1.28 bits per heavy atom. The van der Waals surface area contributed by atoms with Crippen LogP contribution in [0.25, 0.3) is 0 Å². The summed E-state index contributed by atoms with van der Waals surface area (Å²) in [6.07, 6.45) is 0.610. The lowest BCUT2D eigenvalue weighted by Crippen LogP contribution is -2.66. The first-order chi connectivity index (χ1) is 15.9. The van der Waals surface area contributed by atoms with Crippen molar-refractivity contribution in [1.29, 1.82) is 0 Å². The first kappa shape index (κ1) is 30.8. The second-order valence-corrected chi connectivity index (χ2v) is 13.0. The van der Waals surface area contributed by atoms with Crippen molar-refractivity contribution in [2.75, 3.05) is 32.8 Å². The fraction of sp³-hybridized carbons (Fsp3) is 0.923. The van der Waals surface area contributed by atoms with Crippen LogP contribution in [0.1, 0.15) is 12.8 Å². The standard InChI is InChI=1S/C13H16F9N3O8S3/c14-10(15,11(16,17)34(27,28)23-35(29,30)13(20,21)22)12(18,19)36(31,32)25-5-3-24(4-6-25)8-2-1-7-33-9(8)26/h8,23H,1-7H2. The summed E-state index contributed by atoms with van der Waals surface area (Å²) in [5.74, 6) is -8.21. The van der Waals surface area contributed by atoms with Crippen LogP contribution in [0.4, 0.5) is 39.5 Å². The SMILES string of the molecule is O=C1OCCCC1N1CCN(S(=O)(=O)C(F)(F)C(F)(F)C(F)(F)S(=O)(=O)NS(=O)(=O)C(F)(F)F)CC1. The van der Waals surface area contributed by atoms with Gasteiger partial charge in [-0.2, -0.15) is 43.8 Å². The Hall–Kier alpha value is -1.43. The van der Waals surface area contributed by atoms with Crippen LogP contribution in [0.2, 0.25) is 0 Å². The summed E-state index contributed by atoms with van der Waals surface area (Å²) in [5.41, 5.74) is -6.65. The van der Waals surface area contributed by atoms with E-state index >= 15 is 0 Å². The highest BCUT2D eigenvalue weighted by Gasteiger charge is 2.83. The molecular weight excluding hydrogens is 593 g/mol. The molecule has 2 aliphatic rings. The summed E-state index contributed by atoms with van der Waals surface area (Å²) in [6.45, 7) is -3.11. The number of cyclic esters (lactones) is 1. The van der Waals surface area contributed by atoms with E-state index in [4.69, 9.17) is 4.74 Å². The molecule has 0 radical (unpaired) electrons. The lowest BCUT2D eigenvalue weighted by atomic mass is 10.1. The Bertz CT molecular complexity index is 1180. The minimum Gasteiger partial charge on any atom is -0.465 e. The quantitative estimate of drug-likeness (QED) is 0.302. The summed E-state index contributed by atoms with van der Waals surface area (Å²) < 4.78 is 194. The molecule has 2 saturated heterocycles. The molecule has 2 heterocycles. The van der Waals surface area contributed by atoms with Crippen LogP contribution in [-0.4, -0.2) is 101 Å². The molecular formula is C13H16F9N3O8S3. The third-order valence-electron chi connectivity index (χ3n) is 5.11. The summed E-state index contributed by atoms with van der Waals surface area (Å²) in [5, 5.41) is -14.4. The number of piperazine rings is 1. The number of hydrogen-bond acceptors (Lipinski definition) is 9. The lowest BCUT2D eigenvalue weighted by Gasteiger charge is -2.40. The highest BCUT2D eigenvalue weighted by molar-refractivity contribution is 8.05. The molecule has 36 heavy (non-hydrogen) atoms. The molecule has 0 spiro atoms. The normalized spacial score (nSPS) is 22.9. The highest BCUT2D eigenvalue weighted by Crippen LogP contribution is 2.51. The largest absolute Gasteiger partial charge is 0.512 e. The summed E-state index contributed by atoms with van der Waals surface area (Å²) in [7, 11) is -22.0. The molecule has 23 heteroatoms. The van der Waals surface area contributed by atoms with Gasteiger partial charge in [0, 0.05) is 26.2 Å². The zero-order valence-corrected chi connectivity index (χ0v) is 19.8. The average Bonchev–Trinajstić information content (AvgIpc) is 2.72. The Morgan fingerprint density at radius 1 is 0.778 bits per heavy atom. The first-order valence-corrected chi connectivity index (χ1v) is 13.7. The van der Waals surface area contributed by atoms with Crippen LogP contribution in [0.3, 0.4) is 0 Å². The first-order valence-electron chi connectivity index (χ1n) is 9.32. The smallest absolute Gasteiger partial charge is 0.465 e. The molecule has 2 aliphatic heterocycles. The molecule has 2 rings (SSSR count). The highest BCUT2D eigenvalue weighted by atomic mass is 32.3. The fourth-order valence-electron chi connectivity index (χ4n) is 3.16. The van der Waals surface area contributed by atoms with Crippen molar-refractivity contribution < 1.29 is 74.3 Å². The van der Waals surface area contributed by atoms with Crippen LogP contribution < -0.4 is 4.13 Å². The van der Waals surface area contributed by atoms with Gasteiger partial charge in [0.2, 0.25) is 0 Å². The Morgan fingerprint density at radius 3 is 1.72 bits per heavy atom. The van der Waals surface area contributed by atoms with Gasteiger partial charge in [-0.3, -0.25) is 9.69 Å². The van der Waals surface area contributed by atoms with Gasteiger partial charge in [0.15, 0.2) is 0 Å². The zero-order chi connectivity index (χ0) is 28.2. The Balaban J connectivity index is 2.32. The van der Waals surface area contributed by atoms with Gasteiger partial charge in [0.25, 0.3) is 20.0 Å². The van der Waals surface area contributed by atoms with Gasteiger partial charge in [-0.25, -0.2) is 25.3 Å². The number of nitrogens with one attached hydrogen (secondary N) is 1. The number of ether oxygens (including phenoxy) is 1. The topological polar surface area (TPSA) is 147 Å². The Kier molecular flexibility index (Phi) is 8.03. The van der Waals surface area contributed by atoms with Gasteiger partial charge < -0.3 is 4.74 Å². The van der Waals surface area contributed by atoms with E-state index in [1.165, 1.54) is 4.90 Å². The molecule has 212 valence electrons. The lowest BCUT2D eigenvalue weighted by molar-refractivity contribution is -0.245. The third kappa shape index (κ3) is 5.00. The number of nitrogens with zero attached hydrogens (tertiary/aromatic N) is 2. The van der Waals surface area contributed by atoms with Crippen molar-refractivity contribution in [2.45, 2.75) is 40.8 Å². The van der Waals surface area contributed by atoms with Crippen LogP contribution in [-0.2, 0) is 39.6 Å². The molecule has 1 N–H and O–H groups in total. The van der Waals surface area contributed by atoms with Crippen molar-refractivity contribution in [1.82, 2.24) is 13.3 Å². The summed E-state index contributed by atoms with van der Waals surface area (Å²) in [6, 6.07) is -0.929. The minimum atomic E-state index is -7.83. The number of sulfonamides is 3. The maximum absolute atomic E-state index is 14.4. The molecule has 0 aromatic heterocycles. The third-order valence-corrected chi connectivity index (χ3v) is 10.4. The number of esters is 1. The van der Waals surface area contributed by atoms with E-state index in [2.05, 4.69) is 0 Å². The van der Waals surface area contributed by atoms with E-state index in [1.807, 2.05) is 0 Å². The molecule has 0 saturated carbocycles. The monoisotopic (exact) mass is 609 g/mol. The maximum atomic E-state index is 14.4. The zero-order valence-electron chi connectivity index (χ0n) is 17.3. The van der Waals surface area contributed by atoms with Crippen LogP contribution in [0.15, 0.2) is 0 Å². The number of rotatable bonds is 8. The molecule has 1 atom stereocenters.